The Bertz CT molecular complexity index is 507. The lowest BCUT2D eigenvalue weighted by Crippen LogP contribution is -2.32. The second kappa shape index (κ2) is 5.65. The lowest BCUT2D eigenvalue weighted by molar-refractivity contribution is 0.463. The van der Waals surface area contributed by atoms with E-state index in [4.69, 9.17) is 11.6 Å². The van der Waals surface area contributed by atoms with Crippen LogP contribution in [0.15, 0.2) is 27.6 Å². The highest BCUT2D eigenvalue weighted by Crippen LogP contribution is 2.22. The van der Waals surface area contributed by atoms with E-state index in [9.17, 15) is 12.8 Å². The smallest absolute Gasteiger partial charge is 0.207 e. The Morgan fingerprint density at radius 1 is 1.53 bits per heavy atom. The summed E-state index contributed by atoms with van der Waals surface area (Å²) in [5, 5.41) is -0.340. The van der Waals surface area contributed by atoms with Gasteiger partial charge in [0.05, 0.1) is 0 Å². The standard InChI is InChI=1S/C10H12BrClFNO2S/c1-7(12)6-14(2)17(15,16)10-4-3-8(11)5-9(10)13/h3-5,7H,6H2,1-2H3. The van der Waals surface area contributed by atoms with E-state index in [1.807, 2.05) is 0 Å². The average Bonchev–Trinajstić information content (AvgIpc) is 2.15. The van der Waals surface area contributed by atoms with Gasteiger partial charge in [0.2, 0.25) is 10.0 Å². The average molecular weight is 345 g/mol. The van der Waals surface area contributed by atoms with Gasteiger partial charge in [0.25, 0.3) is 0 Å². The van der Waals surface area contributed by atoms with E-state index in [1.54, 1.807) is 6.92 Å². The molecule has 0 spiro atoms. The molecule has 0 aromatic heterocycles. The van der Waals surface area contributed by atoms with Crippen molar-refractivity contribution in [1.82, 2.24) is 4.31 Å². The summed E-state index contributed by atoms with van der Waals surface area (Å²) in [6.07, 6.45) is 0. The quantitative estimate of drug-likeness (QED) is 0.788. The van der Waals surface area contributed by atoms with Crippen LogP contribution in [0.3, 0.4) is 0 Å². The number of hydrogen-bond acceptors (Lipinski definition) is 2. The predicted molar refractivity (Wildman–Crippen MR) is 69.2 cm³/mol. The normalized spacial score (nSPS) is 14.0. The van der Waals surface area contributed by atoms with Crippen LogP contribution in [0.1, 0.15) is 6.92 Å². The van der Waals surface area contributed by atoms with Gasteiger partial charge < -0.3 is 0 Å². The number of hydrogen-bond donors (Lipinski definition) is 0. The van der Waals surface area contributed by atoms with Crippen LogP contribution in [0.25, 0.3) is 0 Å². The zero-order valence-corrected chi connectivity index (χ0v) is 12.5. The fraction of sp³-hybridized carbons (Fsp3) is 0.400. The fourth-order valence-corrected chi connectivity index (χ4v) is 3.23. The van der Waals surface area contributed by atoms with Crippen molar-refractivity contribution in [1.29, 1.82) is 0 Å². The molecular formula is C10H12BrClFNO2S. The van der Waals surface area contributed by atoms with Gasteiger partial charge in [-0.2, -0.15) is 4.31 Å². The molecule has 0 saturated heterocycles. The number of halogens is 3. The molecule has 3 nitrogen and oxygen atoms in total. The highest BCUT2D eigenvalue weighted by molar-refractivity contribution is 9.10. The van der Waals surface area contributed by atoms with Crippen LogP contribution in [0, 0.1) is 5.82 Å². The molecule has 0 aliphatic rings. The van der Waals surface area contributed by atoms with Crippen molar-refractivity contribution in [3.63, 3.8) is 0 Å². The van der Waals surface area contributed by atoms with E-state index in [2.05, 4.69) is 15.9 Å². The maximum atomic E-state index is 13.6. The van der Waals surface area contributed by atoms with Crippen molar-refractivity contribution in [2.75, 3.05) is 13.6 Å². The number of alkyl halides is 1. The Kier molecular flexibility index (Phi) is 4.95. The van der Waals surface area contributed by atoms with Crippen molar-refractivity contribution in [3.8, 4) is 0 Å². The lowest BCUT2D eigenvalue weighted by atomic mass is 10.3. The van der Waals surface area contributed by atoms with Crippen molar-refractivity contribution in [2.24, 2.45) is 0 Å². The molecule has 96 valence electrons. The Morgan fingerprint density at radius 3 is 2.59 bits per heavy atom. The first kappa shape index (κ1) is 14.9. The molecule has 0 radical (unpaired) electrons. The highest BCUT2D eigenvalue weighted by atomic mass is 79.9. The summed E-state index contributed by atoms with van der Waals surface area (Å²) in [6, 6.07) is 3.82. The van der Waals surface area contributed by atoms with Crippen LogP contribution in [-0.4, -0.2) is 31.7 Å². The summed E-state index contributed by atoms with van der Waals surface area (Å²) < 4.78 is 39.1. The van der Waals surface area contributed by atoms with Crippen LogP contribution in [-0.2, 0) is 10.0 Å². The summed E-state index contributed by atoms with van der Waals surface area (Å²) in [5.74, 6) is -0.784. The Hall–Kier alpha value is -0.170. The molecule has 1 aromatic rings. The number of benzene rings is 1. The SMILES string of the molecule is CC(Cl)CN(C)S(=O)(=O)c1ccc(Br)cc1F. The zero-order valence-electron chi connectivity index (χ0n) is 9.32. The first-order valence-corrected chi connectivity index (χ1v) is 7.47. The molecule has 0 N–H and O–H groups in total. The third-order valence-corrected chi connectivity index (χ3v) is 4.58. The maximum absolute atomic E-state index is 13.6. The summed E-state index contributed by atoms with van der Waals surface area (Å²) in [7, 11) is -2.46. The molecule has 0 saturated carbocycles. The van der Waals surface area contributed by atoms with Crippen LogP contribution in [0.2, 0.25) is 0 Å². The van der Waals surface area contributed by atoms with E-state index in [1.165, 1.54) is 19.2 Å². The number of nitrogens with zero attached hydrogens (tertiary/aromatic N) is 1. The second-order valence-corrected chi connectivity index (χ2v) is 7.32. The first-order valence-electron chi connectivity index (χ1n) is 4.80. The summed E-state index contributed by atoms with van der Waals surface area (Å²) in [4.78, 5) is -0.347. The molecule has 0 fully saturated rings. The lowest BCUT2D eigenvalue weighted by Gasteiger charge is -2.18. The molecule has 0 amide bonds. The van der Waals surface area contributed by atoms with E-state index >= 15 is 0 Å². The van der Waals surface area contributed by atoms with Gasteiger partial charge in [-0.3, -0.25) is 0 Å². The van der Waals surface area contributed by atoms with E-state index in [0.29, 0.717) is 4.47 Å². The fourth-order valence-electron chi connectivity index (χ4n) is 1.30. The van der Waals surface area contributed by atoms with Gasteiger partial charge >= 0.3 is 0 Å². The van der Waals surface area contributed by atoms with E-state index in [0.717, 1.165) is 10.4 Å². The molecule has 17 heavy (non-hydrogen) atoms. The summed E-state index contributed by atoms with van der Waals surface area (Å²) >= 11 is 8.79. The predicted octanol–water partition coefficient (Wildman–Crippen LogP) is 2.84. The molecule has 0 aliphatic heterocycles. The molecule has 0 heterocycles. The molecule has 1 rings (SSSR count). The van der Waals surface area contributed by atoms with Gasteiger partial charge in [-0.1, -0.05) is 15.9 Å². The maximum Gasteiger partial charge on any atom is 0.245 e. The molecule has 7 heteroatoms. The highest BCUT2D eigenvalue weighted by Gasteiger charge is 2.25. The minimum atomic E-state index is -3.83. The second-order valence-electron chi connectivity index (χ2n) is 3.64. The molecule has 1 unspecified atom stereocenters. The number of rotatable bonds is 4. The van der Waals surface area contributed by atoms with E-state index in [-0.39, 0.29) is 16.8 Å². The Labute approximate surface area is 114 Å². The van der Waals surface area contributed by atoms with Crippen LogP contribution < -0.4 is 0 Å². The van der Waals surface area contributed by atoms with Gasteiger partial charge in [-0.25, -0.2) is 12.8 Å². The van der Waals surface area contributed by atoms with E-state index < -0.39 is 15.8 Å². The van der Waals surface area contributed by atoms with Gasteiger partial charge in [0.1, 0.15) is 10.7 Å². The van der Waals surface area contributed by atoms with Crippen molar-refractivity contribution in [2.45, 2.75) is 17.2 Å². The van der Waals surface area contributed by atoms with Gasteiger partial charge in [0, 0.05) is 23.4 Å². The van der Waals surface area contributed by atoms with Crippen molar-refractivity contribution < 1.29 is 12.8 Å². The van der Waals surface area contributed by atoms with Crippen LogP contribution >= 0.6 is 27.5 Å². The molecule has 1 atom stereocenters. The molecule has 0 bridgehead atoms. The number of sulfonamides is 1. The van der Waals surface area contributed by atoms with Gasteiger partial charge in [-0.05, 0) is 25.1 Å². The third kappa shape index (κ3) is 3.64. The Balaban J connectivity index is 3.13. The van der Waals surface area contributed by atoms with Crippen molar-refractivity contribution >= 4 is 37.6 Å². The molecular weight excluding hydrogens is 333 g/mol. The minimum absolute atomic E-state index is 0.124. The zero-order chi connectivity index (χ0) is 13.2. The van der Waals surface area contributed by atoms with Gasteiger partial charge in [-0.15, -0.1) is 11.6 Å². The summed E-state index contributed by atoms with van der Waals surface area (Å²) in [6.45, 7) is 1.80. The Morgan fingerprint density at radius 2 is 2.12 bits per heavy atom. The molecule has 0 aliphatic carbocycles. The summed E-state index contributed by atoms with van der Waals surface area (Å²) in [5.41, 5.74) is 0. The largest absolute Gasteiger partial charge is 0.245 e. The van der Waals surface area contributed by atoms with Gasteiger partial charge in [0.15, 0.2) is 0 Å². The molecule has 1 aromatic carbocycles. The van der Waals surface area contributed by atoms with Crippen LogP contribution in [0.4, 0.5) is 4.39 Å². The van der Waals surface area contributed by atoms with Crippen LogP contribution in [0.5, 0.6) is 0 Å². The third-order valence-electron chi connectivity index (χ3n) is 2.09. The first-order chi connectivity index (χ1) is 7.75. The monoisotopic (exact) mass is 343 g/mol. The minimum Gasteiger partial charge on any atom is -0.207 e. The topological polar surface area (TPSA) is 37.4 Å². The van der Waals surface area contributed by atoms with Crippen molar-refractivity contribution in [3.05, 3.63) is 28.5 Å².